The van der Waals surface area contributed by atoms with Gasteiger partial charge in [-0.3, -0.25) is 9.59 Å². The first-order chi connectivity index (χ1) is 10.2. The third kappa shape index (κ3) is 3.14. The SMILES string of the molecule is CC(C)(C)c1ccc(C(=O)c2coc(C(=O)O)cc2=O)cc1. The predicted octanol–water partition coefficient (Wildman–Crippen LogP) is 2.87. The largest absolute Gasteiger partial charge is 0.475 e. The number of rotatable bonds is 3. The van der Waals surface area contributed by atoms with Gasteiger partial charge >= 0.3 is 5.97 Å². The molecule has 1 N–H and O–H groups in total. The summed E-state index contributed by atoms with van der Waals surface area (Å²) in [7, 11) is 0. The van der Waals surface area contributed by atoms with E-state index in [1.807, 2.05) is 12.1 Å². The molecule has 0 spiro atoms. The number of carboxylic acid groups (broad SMARTS) is 1. The highest BCUT2D eigenvalue weighted by molar-refractivity contribution is 6.08. The van der Waals surface area contributed by atoms with Gasteiger partial charge in [0, 0.05) is 11.6 Å². The minimum atomic E-state index is -1.36. The molecule has 0 bridgehead atoms. The third-order valence-electron chi connectivity index (χ3n) is 3.30. The monoisotopic (exact) mass is 300 g/mol. The molecular formula is C17H16O5. The Balaban J connectivity index is 2.36. The fraction of sp³-hybridized carbons (Fsp3) is 0.235. The Morgan fingerprint density at radius 2 is 1.68 bits per heavy atom. The molecule has 5 heteroatoms. The predicted molar refractivity (Wildman–Crippen MR) is 80.5 cm³/mol. The highest BCUT2D eigenvalue weighted by atomic mass is 16.4. The number of ketones is 1. The van der Waals surface area contributed by atoms with Crippen molar-refractivity contribution in [3.05, 3.63) is 69.3 Å². The molecule has 0 aliphatic heterocycles. The van der Waals surface area contributed by atoms with Crippen molar-refractivity contribution in [2.45, 2.75) is 26.2 Å². The molecule has 0 aliphatic rings. The molecule has 0 saturated carbocycles. The molecule has 2 aromatic rings. The molecule has 0 amide bonds. The molecule has 0 atom stereocenters. The van der Waals surface area contributed by atoms with Crippen LogP contribution in [0.5, 0.6) is 0 Å². The first-order valence-corrected chi connectivity index (χ1v) is 6.71. The summed E-state index contributed by atoms with van der Waals surface area (Å²) in [5, 5.41) is 8.74. The molecule has 2 rings (SSSR count). The number of carbonyl (C=O) groups is 2. The number of benzene rings is 1. The van der Waals surface area contributed by atoms with Crippen LogP contribution in [-0.2, 0) is 5.41 Å². The third-order valence-corrected chi connectivity index (χ3v) is 3.30. The van der Waals surface area contributed by atoms with Crippen LogP contribution in [0.1, 0.15) is 52.8 Å². The lowest BCUT2D eigenvalue weighted by molar-refractivity contribution is 0.0658. The molecule has 1 heterocycles. The minimum absolute atomic E-state index is 0.0380. The van der Waals surface area contributed by atoms with Gasteiger partial charge in [-0.05, 0) is 11.0 Å². The van der Waals surface area contributed by atoms with E-state index in [0.29, 0.717) is 5.56 Å². The van der Waals surface area contributed by atoms with Crippen molar-refractivity contribution in [1.29, 1.82) is 0 Å². The fourth-order valence-electron chi connectivity index (χ4n) is 1.97. The number of hydrogen-bond acceptors (Lipinski definition) is 4. The summed E-state index contributed by atoms with van der Waals surface area (Å²) in [5.74, 6) is -2.35. The first-order valence-electron chi connectivity index (χ1n) is 6.71. The van der Waals surface area contributed by atoms with Crippen molar-refractivity contribution in [3.8, 4) is 0 Å². The van der Waals surface area contributed by atoms with Crippen LogP contribution in [0.2, 0.25) is 0 Å². The maximum absolute atomic E-state index is 12.3. The van der Waals surface area contributed by atoms with Gasteiger partial charge in [0.25, 0.3) is 0 Å². The van der Waals surface area contributed by atoms with Crippen LogP contribution in [0.15, 0.2) is 45.8 Å². The summed E-state index contributed by atoms with van der Waals surface area (Å²) in [5.41, 5.74) is 0.520. The van der Waals surface area contributed by atoms with Crippen molar-refractivity contribution >= 4 is 11.8 Å². The maximum Gasteiger partial charge on any atom is 0.371 e. The zero-order chi connectivity index (χ0) is 16.5. The highest BCUT2D eigenvalue weighted by Gasteiger charge is 2.18. The lowest BCUT2D eigenvalue weighted by Gasteiger charge is -2.18. The molecule has 0 unspecified atom stereocenters. The van der Waals surface area contributed by atoms with Crippen LogP contribution in [0, 0.1) is 0 Å². The molecule has 1 aromatic heterocycles. The smallest absolute Gasteiger partial charge is 0.371 e. The van der Waals surface area contributed by atoms with E-state index in [2.05, 4.69) is 20.8 Å². The van der Waals surface area contributed by atoms with Gasteiger partial charge in [-0.15, -0.1) is 0 Å². The molecule has 22 heavy (non-hydrogen) atoms. The van der Waals surface area contributed by atoms with E-state index in [0.717, 1.165) is 17.9 Å². The number of carbonyl (C=O) groups excluding carboxylic acids is 1. The highest BCUT2D eigenvalue weighted by Crippen LogP contribution is 2.22. The van der Waals surface area contributed by atoms with Crippen molar-refractivity contribution in [1.82, 2.24) is 0 Å². The fourth-order valence-corrected chi connectivity index (χ4v) is 1.97. The first kappa shape index (κ1) is 15.7. The van der Waals surface area contributed by atoms with Crippen molar-refractivity contribution in [2.75, 3.05) is 0 Å². The average molecular weight is 300 g/mol. The van der Waals surface area contributed by atoms with E-state index in [-0.39, 0.29) is 11.0 Å². The molecule has 0 fully saturated rings. The summed E-state index contributed by atoms with van der Waals surface area (Å²) in [6.45, 7) is 6.18. The Labute approximate surface area is 127 Å². The van der Waals surface area contributed by atoms with Gasteiger partial charge in [-0.25, -0.2) is 4.79 Å². The second-order valence-electron chi connectivity index (χ2n) is 5.98. The topological polar surface area (TPSA) is 84.6 Å². The van der Waals surface area contributed by atoms with Crippen LogP contribution in [-0.4, -0.2) is 16.9 Å². The molecule has 114 valence electrons. The molecule has 0 radical (unpaired) electrons. The zero-order valence-corrected chi connectivity index (χ0v) is 12.5. The van der Waals surface area contributed by atoms with E-state index in [9.17, 15) is 14.4 Å². The standard InChI is InChI=1S/C17H16O5/c1-17(2,3)11-6-4-10(5-7-11)15(19)12-9-22-14(16(20)21)8-13(12)18/h4-9H,1-3H3,(H,20,21). The van der Waals surface area contributed by atoms with Crippen molar-refractivity contribution in [2.24, 2.45) is 0 Å². The van der Waals surface area contributed by atoms with Crippen molar-refractivity contribution < 1.29 is 19.1 Å². The van der Waals surface area contributed by atoms with Gasteiger partial charge in [0.05, 0.1) is 0 Å². The average Bonchev–Trinajstić information content (AvgIpc) is 2.45. The number of hydrogen-bond donors (Lipinski definition) is 1. The van der Waals surface area contributed by atoms with E-state index in [4.69, 9.17) is 9.52 Å². The summed E-state index contributed by atoms with van der Waals surface area (Å²) >= 11 is 0. The van der Waals surface area contributed by atoms with E-state index in [1.165, 1.54) is 0 Å². The molecule has 1 aromatic carbocycles. The van der Waals surface area contributed by atoms with Gasteiger partial charge in [-0.1, -0.05) is 45.0 Å². The van der Waals surface area contributed by atoms with Crippen LogP contribution in [0.4, 0.5) is 0 Å². The lowest BCUT2D eigenvalue weighted by atomic mass is 9.86. The Kier molecular flexibility index (Phi) is 3.99. The number of carboxylic acids is 1. The van der Waals surface area contributed by atoms with Gasteiger partial charge in [-0.2, -0.15) is 0 Å². The van der Waals surface area contributed by atoms with Crippen LogP contribution >= 0.6 is 0 Å². The normalized spacial score (nSPS) is 11.2. The minimum Gasteiger partial charge on any atom is -0.475 e. The molecule has 0 saturated heterocycles. The van der Waals surface area contributed by atoms with Gasteiger partial charge in [0.2, 0.25) is 5.76 Å². The quantitative estimate of drug-likeness (QED) is 0.881. The van der Waals surface area contributed by atoms with E-state index >= 15 is 0 Å². The Bertz CT molecular complexity index is 776. The Morgan fingerprint density at radius 1 is 1.09 bits per heavy atom. The summed E-state index contributed by atoms with van der Waals surface area (Å²) in [4.78, 5) is 34.9. The van der Waals surface area contributed by atoms with Crippen LogP contribution in [0.3, 0.4) is 0 Å². The molecular weight excluding hydrogens is 284 g/mol. The van der Waals surface area contributed by atoms with Gasteiger partial charge in [0.15, 0.2) is 11.2 Å². The Morgan fingerprint density at radius 3 is 2.14 bits per heavy atom. The summed E-state index contributed by atoms with van der Waals surface area (Å²) < 4.78 is 4.80. The number of aromatic carboxylic acids is 1. The van der Waals surface area contributed by atoms with Gasteiger partial charge in [0.1, 0.15) is 11.8 Å². The maximum atomic E-state index is 12.3. The molecule has 0 aliphatic carbocycles. The summed E-state index contributed by atoms with van der Waals surface area (Å²) in [6.07, 6.45) is 0.895. The zero-order valence-electron chi connectivity index (χ0n) is 12.5. The van der Waals surface area contributed by atoms with Crippen LogP contribution < -0.4 is 5.43 Å². The second-order valence-corrected chi connectivity index (χ2v) is 5.98. The van der Waals surface area contributed by atoms with Gasteiger partial charge < -0.3 is 9.52 Å². The van der Waals surface area contributed by atoms with E-state index in [1.54, 1.807) is 12.1 Å². The lowest BCUT2D eigenvalue weighted by Crippen LogP contribution is -2.17. The summed E-state index contributed by atoms with van der Waals surface area (Å²) in [6, 6.07) is 7.76. The van der Waals surface area contributed by atoms with Crippen molar-refractivity contribution in [3.63, 3.8) is 0 Å². The van der Waals surface area contributed by atoms with E-state index < -0.39 is 22.9 Å². The molecule has 5 nitrogen and oxygen atoms in total. The second kappa shape index (κ2) is 5.60. The Hall–Kier alpha value is -2.69. The van der Waals surface area contributed by atoms with Crippen LogP contribution in [0.25, 0.3) is 0 Å².